The number of carbonyl (C=O) groups is 2. The Kier molecular flexibility index (Phi) is 6.75. The molecule has 1 spiro atoms. The Balaban J connectivity index is 0.000000318. The van der Waals surface area contributed by atoms with Gasteiger partial charge in [0.25, 0.3) is 0 Å². The number of halogens is 3. The van der Waals surface area contributed by atoms with Crippen LogP contribution in [0.15, 0.2) is 24.3 Å². The molecular weight excluding hydrogens is 397 g/mol. The lowest BCUT2D eigenvalue weighted by Crippen LogP contribution is -2.42. The monoisotopic (exact) mass is 426 g/mol. The summed E-state index contributed by atoms with van der Waals surface area (Å²) in [5.74, 6) is -1.19. The average molecular weight is 426 g/mol. The SMILES string of the molecule is CNC(=O)CC1CC2(CCN(CC3CC3)CC2)c2ccccc21.O=C(O)C(F)(F)F. The molecule has 2 fully saturated rings. The minimum atomic E-state index is -5.08. The molecule has 2 aliphatic carbocycles. The number of alkyl halides is 3. The molecular formula is C22H29F3N2O3. The molecule has 1 unspecified atom stereocenters. The molecule has 1 aromatic rings. The van der Waals surface area contributed by atoms with Crippen LogP contribution in [0.2, 0.25) is 0 Å². The van der Waals surface area contributed by atoms with Crippen molar-refractivity contribution in [3.8, 4) is 0 Å². The Labute approximate surface area is 174 Å². The van der Waals surface area contributed by atoms with Crippen LogP contribution >= 0.6 is 0 Å². The quantitative estimate of drug-likeness (QED) is 0.771. The maximum atomic E-state index is 11.9. The van der Waals surface area contributed by atoms with Gasteiger partial charge in [0, 0.05) is 20.0 Å². The second-order valence-corrected chi connectivity index (χ2v) is 8.69. The highest BCUT2D eigenvalue weighted by molar-refractivity contribution is 5.77. The molecule has 166 valence electrons. The van der Waals surface area contributed by atoms with E-state index in [1.165, 1.54) is 50.9 Å². The predicted octanol–water partition coefficient (Wildman–Crippen LogP) is 3.69. The summed E-state index contributed by atoms with van der Waals surface area (Å²) in [6.07, 6.45) is 2.14. The van der Waals surface area contributed by atoms with Crippen LogP contribution in [0.5, 0.6) is 0 Å². The Bertz CT molecular complexity index is 769. The lowest BCUT2D eigenvalue weighted by atomic mass is 9.73. The van der Waals surface area contributed by atoms with Crippen LogP contribution in [0, 0.1) is 5.92 Å². The lowest BCUT2D eigenvalue weighted by Gasteiger charge is -2.40. The summed E-state index contributed by atoms with van der Waals surface area (Å²) in [6.45, 7) is 3.79. The Morgan fingerprint density at radius 1 is 1.20 bits per heavy atom. The normalized spacial score (nSPS) is 22.7. The van der Waals surface area contributed by atoms with Gasteiger partial charge in [-0.15, -0.1) is 0 Å². The summed E-state index contributed by atoms with van der Waals surface area (Å²) in [5.41, 5.74) is 3.31. The number of carbonyl (C=O) groups excluding carboxylic acids is 1. The number of hydrogen-bond acceptors (Lipinski definition) is 3. The fraction of sp³-hybridized carbons (Fsp3) is 0.636. The van der Waals surface area contributed by atoms with Gasteiger partial charge >= 0.3 is 12.1 Å². The molecule has 0 bridgehead atoms. The zero-order valence-electron chi connectivity index (χ0n) is 17.2. The maximum absolute atomic E-state index is 11.9. The summed E-state index contributed by atoms with van der Waals surface area (Å²) in [5, 5.41) is 9.93. The van der Waals surface area contributed by atoms with E-state index in [4.69, 9.17) is 9.90 Å². The van der Waals surface area contributed by atoms with Crippen molar-refractivity contribution in [3.63, 3.8) is 0 Å². The van der Waals surface area contributed by atoms with Gasteiger partial charge in [-0.05, 0) is 73.6 Å². The predicted molar refractivity (Wildman–Crippen MR) is 106 cm³/mol. The van der Waals surface area contributed by atoms with E-state index in [-0.39, 0.29) is 5.91 Å². The van der Waals surface area contributed by atoms with E-state index >= 15 is 0 Å². The third-order valence-electron chi connectivity index (χ3n) is 6.59. The fourth-order valence-corrected chi connectivity index (χ4v) is 4.84. The number of benzene rings is 1. The minimum Gasteiger partial charge on any atom is -0.475 e. The van der Waals surface area contributed by atoms with Gasteiger partial charge in [0.05, 0.1) is 0 Å². The topological polar surface area (TPSA) is 69.6 Å². The zero-order valence-corrected chi connectivity index (χ0v) is 17.2. The molecule has 2 N–H and O–H groups in total. The van der Waals surface area contributed by atoms with Crippen molar-refractivity contribution in [3.05, 3.63) is 35.4 Å². The third-order valence-corrected chi connectivity index (χ3v) is 6.59. The third kappa shape index (κ3) is 5.33. The van der Waals surface area contributed by atoms with E-state index < -0.39 is 12.1 Å². The summed E-state index contributed by atoms with van der Waals surface area (Å²) in [7, 11) is 1.75. The van der Waals surface area contributed by atoms with Crippen LogP contribution in [0.1, 0.15) is 55.6 Å². The van der Waals surface area contributed by atoms with Gasteiger partial charge in [-0.1, -0.05) is 24.3 Å². The number of fused-ring (bicyclic) bond motifs is 2. The van der Waals surface area contributed by atoms with Crippen LogP contribution in [-0.2, 0) is 15.0 Å². The molecule has 3 aliphatic rings. The molecule has 1 saturated carbocycles. The van der Waals surface area contributed by atoms with Crippen LogP contribution < -0.4 is 5.32 Å². The summed E-state index contributed by atoms with van der Waals surface area (Å²) >= 11 is 0. The van der Waals surface area contributed by atoms with Crippen molar-refractivity contribution in [1.29, 1.82) is 0 Å². The van der Waals surface area contributed by atoms with E-state index in [0.717, 1.165) is 12.3 Å². The number of amides is 1. The summed E-state index contributed by atoms with van der Waals surface area (Å²) < 4.78 is 31.7. The number of nitrogens with zero attached hydrogens (tertiary/aromatic N) is 1. The second kappa shape index (κ2) is 8.96. The van der Waals surface area contributed by atoms with Crippen LogP contribution in [0.25, 0.3) is 0 Å². The Morgan fingerprint density at radius 3 is 2.33 bits per heavy atom. The molecule has 1 aromatic carbocycles. The smallest absolute Gasteiger partial charge is 0.475 e. The van der Waals surface area contributed by atoms with Gasteiger partial charge in [-0.25, -0.2) is 4.79 Å². The van der Waals surface area contributed by atoms with E-state index in [9.17, 15) is 18.0 Å². The molecule has 1 saturated heterocycles. The molecule has 5 nitrogen and oxygen atoms in total. The zero-order chi connectivity index (χ0) is 21.9. The highest BCUT2D eigenvalue weighted by atomic mass is 19.4. The summed E-state index contributed by atoms with van der Waals surface area (Å²) in [6, 6.07) is 8.90. The van der Waals surface area contributed by atoms with Crippen LogP contribution in [0.3, 0.4) is 0 Å². The molecule has 4 rings (SSSR count). The van der Waals surface area contributed by atoms with Crippen LogP contribution in [0.4, 0.5) is 13.2 Å². The number of piperidine rings is 1. The average Bonchev–Trinajstić information content (AvgIpc) is 3.48. The van der Waals surface area contributed by atoms with Crippen molar-refractivity contribution < 1.29 is 27.9 Å². The molecule has 8 heteroatoms. The van der Waals surface area contributed by atoms with Gasteiger partial charge in [0.2, 0.25) is 5.91 Å². The molecule has 1 heterocycles. The van der Waals surface area contributed by atoms with Crippen molar-refractivity contribution in [2.45, 2.75) is 56.0 Å². The van der Waals surface area contributed by atoms with E-state index in [1.807, 2.05) is 0 Å². The first-order valence-electron chi connectivity index (χ1n) is 10.5. The highest BCUT2D eigenvalue weighted by Gasteiger charge is 2.45. The van der Waals surface area contributed by atoms with E-state index in [2.05, 4.69) is 34.5 Å². The number of nitrogens with one attached hydrogen (secondary N) is 1. The minimum absolute atomic E-state index is 0.174. The molecule has 0 aromatic heterocycles. The second-order valence-electron chi connectivity index (χ2n) is 8.69. The molecule has 0 radical (unpaired) electrons. The standard InChI is InChI=1S/C20H28N2O.C2HF3O2/c1-21-19(23)12-16-13-20(18-5-3-2-4-17(16)18)8-10-22(11-9-20)14-15-6-7-15;3-2(4,5)1(6)7/h2-5,15-16H,6-14H2,1H3,(H,21,23);(H,6,7). The van der Waals surface area contributed by atoms with Crippen molar-refractivity contribution in [2.75, 3.05) is 26.7 Å². The van der Waals surface area contributed by atoms with Gasteiger partial charge in [0.15, 0.2) is 0 Å². The van der Waals surface area contributed by atoms with Gasteiger partial charge in [-0.2, -0.15) is 13.2 Å². The highest BCUT2D eigenvalue weighted by Crippen LogP contribution is 2.52. The number of rotatable bonds is 4. The lowest BCUT2D eigenvalue weighted by molar-refractivity contribution is -0.192. The first-order chi connectivity index (χ1) is 14.1. The summed E-state index contributed by atoms with van der Waals surface area (Å²) in [4.78, 5) is 23.5. The van der Waals surface area contributed by atoms with Crippen LogP contribution in [-0.4, -0.2) is 54.7 Å². The molecule has 1 aliphatic heterocycles. The number of hydrogen-bond donors (Lipinski definition) is 2. The number of likely N-dealkylation sites (tertiary alicyclic amines) is 1. The van der Waals surface area contributed by atoms with Crippen molar-refractivity contribution in [2.24, 2.45) is 5.92 Å². The first-order valence-corrected chi connectivity index (χ1v) is 10.5. The Morgan fingerprint density at radius 2 is 1.80 bits per heavy atom. The van der Waals surface area contributed by atoms with Gasteiger partial charge in [-0.3, -0.25) is 4.79 Å². The fourth-order valence-electron chi connectivity index (χ4n) is 4.84. The van der Waals surface area contributed by atoms with E-state index in [0.29, 0.717) is 17.8 Å². The van der Waals surface area contributed by atoms with Gasteiger partial charge in [0.1, 0.15) is 0 Å². The van der Waals surface area contributed by atoms with Gasteiger partial charge < -0.3 is 15.3 Å². The Hall–Kier alpha value is -2.09. The number of aliphatic carboxylic acids is 1. The largest absolute Gasteiger partial charge is 0.490 e. The van der Waals surface area contributed by atoms with Crippen molar-refractivity contribution >= 4 is 11.9 Å². The van der Waals surface area contributed by atoms with Crippen molar-refractivity contribution in [1.82, 2.24) is 10.2 Å². The van der Waals surface area contributed by atoms with E-state index in [1.54, 1.807) is 12.6 Å². The molecule has 1 atom stereocenters. The number of carboxylic acids is 1. The molecule has 30 heavy (non-hydrogen) atoms. The maximum Gasteiger partial charge on any atom is 0.490 e. The molecule has 1 amide bonds. The first kappa shape index (κ1) is 22.6. The number of carboxylic acid groups (broad SMARTS) is 1.